The molecule has 0 saturated heterocycles. The quantitative estimate of drug-likeness (QED) is 0.365. The number of hydrogen-bond donors (Lipinski definition) is 0. The summed E-state index contributed by atoms with van der Waals surface area (Å²) in [6.07, 6.45) is 0. The molecule has 0 heterocycles. The van der Waals surface area contributed by atoms with E-state index in [1.54, 1.807) is 0 Å². The van der Waals surface area contributed by atoms with Gasteiger partial charge in [-0.05, 0) is 0 Å². The second-order valence-electron chi connectivity index (χ2n) is 4.47. The van der Waals surface area contributed by atoms with Crippen LogP contribution in [-0.2, 0) is 20.4 Å². The standard InChI is InChI=1S/C19H15.Pd/c1-4-10-16(11-5-1)19(17-12-6-2-7-13-17)18-14-8-3-9-15-18;/h1-15H;/q-1;. The van der Waals surface area contributed by atoms with E-state index in [2.05, 4.69) is 91.0 Å². The van der Waals surface area contributed by atoms with Crippen LogP contribution in [-0.4, -0.2) is 0 Å². The van der Waals surface area contributed by atoms with Gasteiger partial charge in [0.05, 0.1) is 0 Å². The van der Waals surface area contributed by atoms with Gasteiger partial charge in [-0.2, -0.15) is 0 Å². The number of rotatable bonds is 3. The molecule has 0 saturated carbocycles. The van der Waals surface area contributed by atoms with Crippen LogP contribution in [0.4, 0.5) is 0 Å². The van der Waals surface area contributed by atoms with Crippen LogP contribution < -0.4 is 0 Å². The van der Waals surface area contributed by atoms with Crippen molar-refractivity contribution in [2.45, 2.75) is 0 Å². The molecule has 0 amide bonds. The summed E-state index contributed by atoms with van der Waals surface area (Å²) in [6.45, 7) is 0. The zero-order valence-corrected chi connectivity index (χ0v) is 12.5. The fourth-order valence-electron chi connectivity index (χ4n) is 2.31. The van der Waals surface area contributed by atoms with Gasteiger partial charge < -0.3 is 0 Å². The van der Waals surface area contributed by atoms with Crippen molar-refractivity contribution in [1.82, 2.24) is 0 Å². The van der Waals surface area contributed by atoms with Gasteiger partial charge in [0.25, 0.3) is 0 Å². The fraction of sp³-hybridized carbons (Fsp3) is 0. The SMILES string of the molecule is [Pd].c1ccc([C-](c2ccccc2)c2ccccc2)cc1. The minimum atomic E-state index is 0. The van der Waals surface area contributed by atoms with Crippen molar-refractivity contribution < 1.29 is 20.4 Å². The Morgan fingerprint density at radius 3 is 0.900 bits per heavy atom. The molecule has 0 N–H and O–H groups in total. The van der Waals surface area contributed by atoms with Crippen molar-refractivity contribution in [2.75, 3.05) is 0 Å². The van der Waals surface area contributed by atoms with Gasteiger partial charge in [0.2, 0.25) is 0 Å². The Bertz CT molecular complexity index is 524. The topological polar surface area (TPSA) is 0 Å². The Labute approximate surface area is 134 Å². The van der Waals surface area contributed by atoms with E-state index in [1.807, 2.05) is 0 Å². The molecule has 0 aliphatic carbocycles. The van der Waals surface area contributed by atoms with E-state index in [0.29, 0.717) is 0 Å². The van der Waals surface area contributed by atoms with Gasteiger partial charge in [-0.3, -0.25) is 0 Å². The Balaban J connectivity index is 0.00000147. The Morgan fingerprint density at radius 1 is 0.400 bits per heavy atom. The van der Waals surface area contributed by atoms with Gasteiger partial charge in [-0.25, -0.2) is 0 Å². The van der Waals surface area contributed by atoms with E-state index in [4.69, 9.17) is 0 Å². The Kier molecular flexibility index (Phi) is 5.18. The van der Waals surface area contributed by atoms with E-state index < -0.39 is 0 Å². The molecule has 20 heavy (non-hydrogen) atoms. The minimum absolute atomic E-state index is 0. The van der Waals surface area contributed by atoms with Crippen LogP contribution in [0.2, 0.25) is 0 Å². The summed E-state index contributed by atoms with van der Waals surface area (Å²) < 4.78 is 0. The molecule has 0 atom stereocenters. The molecular weight excluding hydrogens is 335 g/mol. The molecule has 0 aliphatic rings. The predicted octanol–water partition coefficient (Wildman–Crippen LogP) is 4.70. The zero-order chi connectivity index (χ0) is 12.9. The van der Waals surface area contributed by atoms with Crippen molar-refractivity contribution in [3.05, 3.63) is 114 Å². The predicted molar refractivity (Wildman–Crippen MR) is 79.9 cm³/mol. The molecule has 0 nitrogen and oxygen atoms in total. The first-order valence-electron chi connectivity index (χ1n) is 6.48. The van der Waals surface area contributed by atoms with Crippen LogP contribution in [0.5, 0.6) is 0 Å². The fourth-order valence-corrected chi connectivity index (χ4v) is 2.31. The van der Waals surface area contributed by atoms with Gasteiger partial charge >= 0.3 is 0 Å². The molecule has 0 radical (unpaired) electrons. The monoisotopic (exact) mass is 349 g/mol. The number of benzene rings is 3. The third kappa shape index (κ3) is 3.20. The normalized spacial score (nSPS) is 9.60. The largest absolute Gasteiger partial charge is 0.0999 e. The summed E-state index contributed by atoms with van der Waals surface area (Å²) in [5, 5.41) is 0. The van der Waals surface area contributed by atoms with Crippen LogP contribution in [0.15, 0.2) is 91.0 Å². The summed E-state index contributed by atoms with van der Waals surface area (Å²) >= 11 is 0. The maximum atomic E-state index is 2.16. The van der Waals surface area contributed by atoms with Gasteiger partial charge in [0.1, 0.15) is 0 Å². The second kappa shape index (κ2) is 7.10. The molecule has 3 aromatic carbocycles. The number of hydrogen-bond acceptors (Lipinski definition) is 0. The maximum absolute atomic E-state index is 2.16. The van der Waals surface area contributed by atoms with Crippen molar-refractivity contribution in [2.24, 2.45) is 0 Å². The average Bonchev–Trinajstić information content (AvgIpc) is 2.51. The molecule has 0 aromatic heterocycles. The van der Waals surface area contributed by atoms with Crippen LogP contribution in [0.1, 0.15) is 16.7 Å². The first kappa shape index (κ1) is 14.6. The third-order valence-corrected chi connectivity index (χ3v) is 3.19. The first-order chi connectivity index (χ1) is 9.45. The molecule has 3 aromatic rings. The van der Waals surface area contributed by atoms with E-state index in [-0.39, 0.29) is 20.4 Å². The van der Waals surface area contributed by atoms with E-state index in [9.17, 15) is 0 Å². The molecule has 0 unspecified atom stereocenters. The zero-order valence-electron chi connectivity index (χ0n) is 11.0. The van der Waals surface area contributed by atoms with Crippen LogP contribution >= 0.6 is 0 Å². The molecule has 0 fully saturated rings. The van der Waals surface area contributed by atoms with Gasteiger partial charge in [-0.15, -0.1) is 0 Å². The summed E-state index contributed by atoms with van der Waals surface area (Å²) in [5.41, 5.74) is 3.75. The van der Waals surface area contributed by atoms with Gasteiger partial charge in [-0.1, -0.05) is 114 Å². The van der Waals surface area contributed by atoms with Crippen molar-refractivity contribution in [3.63, 3.8) is 0 Å². The van der Waals surface area contributed by atoms with Crippen LogP contribution in [0.25, 0.3) is 0 Å². The summed E-state index contributed by atoms with van der Waals surface area (Å²) in [5.74, 6) is 1.28. The summed E-state index contributed by atoms with van der Waals surface area (Å²) in [7, 11) is 0. The summed E-state index contributed by atoms with van der Waals surface area (Å²) in [4.78, 5) is 0. The van der Waals surface area contributed by atoms with Crippen molar-refractivity contribution in [1.29, 1.82) is 0 Å². The Morgan fingerprint density at radius 2 is 0.650 bits per heavy atom. The third-order valence-electron chi connectivity index (χ3n) is 3.19. The van der Waals surface area contributed by atoms with E-state index in [1.165, 1.54) is 22.6 Å². The van der Waals surface area contributed by atoms with Crippen molar-refractivity contribution in [3.8, 4) is 0 Å². The molecular formula is C19H15Pd-. The molecule has 1 heteroatoms. The van der Waals surface area contributed by atoms with Crippen LogP contribution in [0.3, 0.4) is 0 Å². The van der Waals surface area contributed by atoms with E-state index in [0.717, 1.165) is 0 Å². The van der Waals surface area contributed by atoms with Crippen LogP contribution in [0, 0.1) is 5.92 Å². The molecule has 0 bridgehead atoms. The van der Waals surface area contributed by atoms with Gasteiger partial charge in [0.15, 0.2) is 0 Å². The molecule has 0 aliphatic heterocycles. The van der Waals surface area contributed by atoms with Crippen molar-refractivity contribution >= 4 is 0 Å². The molecule has 102 valence electrons. The maximum Gasteiger partial charge on any atom is 0 e. The van der Waals surface area contributed by atoms with E-state index >= 15 is 0 Å². The summed E-state index contributed by atoms with van der Waals surface area (Å²) in [6, 6.07) is 31.6. The smallest absolute Gasteiger partial charge is 0 e. The second-order valence-corrected chi connectivity index (χ2v) is 4.47. The minimum Gasteiger partial charge on any atom is -0.0999 e. The first-order valence-corrected chi connectivity index (χ1v) is 6.48. The Hall–Kier alpha value is -1.81. The molecule has 3 rings (SSSR count). The molecule has 0 spiro atoms. The average molecular weight is 350 g/mol. The van der Waals surface area contributed by atoms with Gasteiger partial charge in [0, 0.05) is 20.4 Å².